The average Bonchev–Trinajstić information content (AvgIpc) is 2.57. The molecule has 0 aliphatic rings. The predicted molar refractivity (Wildman–Crippen MR) is 89.3 cm³/mol. The molecule has 2 rings (SSSR count). The first-order valence-electron chi connectivity index (χ1n) is 7.03. The van der Waals surface area contributed by atoms with Crippen LogP contribution < -0.4 is 10.1 Å². The van der Waals surface area contributed by atoms with Crippen LogP contribution in [0.5, 0.6) is 5.75 Å². The smallest absolute Gasteiger partial charge is 0.422 e. The van der Waals surface area contributed by atoms with Gasteiger partial charge in [0, 0.05) is 9.13 Å². The van der Waals surface area contributed by atoms with Gasteiger partial charge in [-0.05, 0) is 34.7 Å². The van der Waals surface area contributed by atoms with E-state index in [1.165, 1.54) is 13.2 Å². The van der Waals surface area contributed by atoms with Crippen LogP contribution in [0.4, 0.5) is 36.4 Å². The van der Waals surface area contributed by atoms with Crippen LogP contribution in [-0.4, -0.2) is 13.0 Å². The summed E-state index contributed by atoms with van der Waals surface area (Å²) in [5.41, 5.74) is -4.05. The highest BCUT2D eigenvalue weighted by molar-refractivity contribution is 14.1. The van der Waals surface area contributed by atoms with Crippen LogP contribution in [0.25, 0.3) is 0 Å². The van der Waals surface area contributed by atoms with Crippen LogP contribution >= 0.6 is 22.6 Å². The van der Waals surface area contributed by atoms with Gasteiger partial charge in [0.1, 0.15) is 17.0 Å². The first kappa shape index (κ1) is 21.3. The number of hydrogen-bond acceptors (Lipinski definition) is 2. The summed E-state index contributed by atoms with van der Waals surface area (Å²) in [5, 5.41) is 1.57. The molecule has 146 valence electrons. The largest absolute Gasteiger partial charge is 0.496 e. The zero-order chi connectivity index (χ0) is 20.5. The number of nitrogens with one attached hydrogen (secondary N) is 1. The third kappa shape index (κ3) is 4.28. The van der Waals surface area contributed by atoms with Gasteiger partial charge in [-0.2, -0.15) is 13.2 Å². The van der Waals surface area contributed by atoms with Gasteiger partial charge in [0.05, 0.1) is 13.5 Å². The fourth-order valence-corrected chi connectivity index (χ4v) is 2.90. The quantitative estimate of drug-likeness (QED) is 0.358. The third-order valence-electron chi connectivity index (χ3n) is 3.44. The number of methoxy groups -OCH3 is 1. The summed E-state index contributed by atoms with van der Waals surface area (Å²) in [6, 6.07) is 4.72. The minimum atomic E-state index is -5.66. The Balaban J connectivity index is 2.40. The lowest BCUT2D eigenvalue weighted by Crippen LogP contribution is -2.21. The molecule has 0 radical (unpaired) electrons. The summed E-state index contributed by atoms with van der Waals surface area (Å²) < 4.78 is 98.1. The number of alkyl halides is 3. The molecule has 0 unspecified atom stereocenters. The standard InChI is InChI=1S/C16H9F7INO2/c1-27-8-4-2-3-7(24)6(8)5-9(26)25-15-13(19)11(17)10(16(21,22)23)12(18)14(15)20/h2-4H,5H2,1H3,(H,25,26). The highest BCUT2D eigenvalue weighted by Crippen LogP contribution is 2.38. The maximum absolute atomic E-state index is 13.8. The fraction of sp³-hybridized carbons (Fsp3) is 0.188. The van der Waals surface area contributed by atoms with E-state index >= 15 is 0 Å². The van der Waals surface area contributed by atoms with Gasteiger partial charge in [-0.1, -0.05) is 6.07 Å². The molecule has 11 heteroatoms. The van der Waals surface area contributed by atoms with Crippen LogP contribution in [0.1, 0.15) is 11.1 Å². The molecule has 2 aromatic rings. The topological polar surface area (TPSA) is 38.3 Å². The highest BCUT2D eigenvalue weighted by Gasteiger charge is 2.42. The van der Waals surface area contributed by atoms with Gasteiger partial charge in [0.15, 0.2) is 23.3 Å². The first-order valence-corrected chi connectivity index (χ1v) is 8.11. The van der Waals surface area contributed by atoms with Crippen molar-refractivity contribution < 1.29 is 40.3 Å². The number of ether oxygens (including phenoxy) is 1. The van der Waals surface area contributed by atoms with Crippen molar-refractivity contribution in [2.45, 2.75) is 12.6 Å². The van der Waals surface area contributed by atoms with Gasteiger partial charge >= 0.3 is 6.18 Å². The molecule has 2 aromatic carbocycles. The number of benzene rings is 2. The molecular formula is C16H9F7INO2. The van der Waals surface area contributed by atoms with Crippen LogP contribution in [0.3, 0.4) is 0 Å². The number of anilines is 1. The van der Waals surface area contributed by atoms with Crippen molar-refractivity contribution in [3.63, 3.8) is 0 Å². The highest BCUT2D eigenvalue weighted by atomic mass is 127. The molecule has 0 saturated carbocycles. The molecular weight excluding hydrogens is 498 g/mol. The molecule has 0 bridgehead atoms. The minimum absolute atomic E-state index is 0.266. The molecule has 0 fully saturated rings. The molecule has 0 saturated heterocycles. The van der Waals surface area contributed by atoms with E-state index in [4.69, 9.17) is 4.74 Å². The summed E-state index contributed by atoms with van der Waals surface area (Å²) in [6.07, 6.45) is -6.17. The predicted octanol–water partition coefficient (Wildman–Crippen LogP) is 5.06. The molecule has 0 spiro atoms. The van der Waals surface area contributed by atoms with E-state index in [-0.39, 0.29) is 5.75 Å². The van der Waals surface area contributed by atoms with Gasteiger partial charge < -0.3 is 10.1 Å². The number of hydrogen-bond donors (Lipinski definition) is 1. The zero-order valence-corrected chi connectivity index (χ0v) is 15.4. The Morgan fingerprint density at radius 1 is 1.07 bits per heavy atom. The van der Waals surface area contributed by atoms with E-state index in [1.54, 1.807) is 17.4 Å². The van der Waals surface area contributed by atoms with Crippen LogP contribution in [0.15, 0.2) is 18.2 Å². The summed E-state index contributed by atoms with van der Waals surface area (Å²) in [6.45, 7) is 0. The molecule has 1 N–H and O–H groups in total. The Morgan fingerprint density at radius 3 is 2.11 bits per heavy atom. The SMILES string of the molecule is COc1cccc(I)c1CC(=O)Nc1c(F)c(F)c(C(F)(F)F)c(F)c1F. The number of rotatable bonds is 4. The number of carbonyl (C=O) groups excluding carboxylic acids is 1. The average molecular weight is 507 g/mol. The van der Waals surface area contributed by atoms with E-state index in [2.05, 4.69) is 0 Å². The molecule has 27 heavy (non-hydrogen) atoms. The Morgan fingerprint density at radius 2 is 1.63 bits per heavy atom. The van der Waals surface area contributed by atoms with Gasteiger partial charge in [0.25, 0.3) is 0 Å². The van der Waals surface area contributed by atoms with E-state index in [0.717, 1.165) is 0 Å². The lowest BCUT2D eigenvalue weighted by molar-refractivity contribution is -0.143. The monoisotopic (exact) mass is 507 g/mol. The minimum Gasteiger partial charge on any atom is -0.496 e. The lowest BCUT2D eigenvalue weighted by Gasteiger charge is -2.15. The Labute approximate surface area is 161 Å². The fourth-order valence-electron chi connectivity index (χ4n) is 2.24. The molecule has 0 aliphatic carbocycles. The summed E-state index contributed by atoms with van der Waals surface area (Å²) in [7, 11) is 1.31. The van der Waals surface area contributed by atoms with Crippen molar-refractivity contribution in [1.82, 2.24) is 0 Å². The lowest BCUT2D eigenvalue weighted by atomic mass is 10.1. The summed E-state index contributed by atoms with van der Waals surface area (Å²) >= 11 is 1.86. The molecule has 0 aliphatic heterocycles. The van der Waals surface area contributed by atoms with Crippen molar-refractivity contribution >= 4 is 34.2 Å². The first-order chi connectivity index (χ1) is 12.5. The van der Waals surface area contributed by atoms with E-state index < -0.39 is 53.0 Å². The number of carbonyl (C=O) groups is 1. The van der Waals surface area contributed by atoms with Crippen molar-refractivity contribution in [2.24, 2.45) is 0 Å². The van der Waals surface area contributed by atoms with Crippen molar-refractivity contribution in [1.29, 1.82) is 0 Å². The Kier molecular flexibility index (Phi) is 6.22. The van der Waals surface area contributed by atoms with E-state index in [0.29, 0.717) is 9.13 Å². The second kappa shape index (κ2) is 7.90. The second-order valence-corrected chi connectivity index (χ2v) is 6.31. The number of halogens is 8. The van der Waals surface area contributed by atoms with Crippen molar-refractivity contribution in [2.75, 3.05) is 12.4 Å². The van der Waals surface area contributed by atoms with Crippen LogP contribution in [-0.2, 0) is 17.4 Å². The Bertz CT molecular complexity index is 870. The van der Waals surface area contributed by atoms with Crippen molar-refractivity contribution in [3.05, 3.63) is 56.2 Å². The van der Waals surface area contributed by atoms with E-state index in [1.807, 2.05) is 22.6 Å². The third-order valence-corrected chi connectivity index (χ3v) is 4.46. The van der Waals surface area contributed by atoms with Crippen LogP contribution in [0, 0.1) is 26.8 Å². The maximum atomic E-state index is 13.8. The molecule has 0 aromatic heterocycles. The molecule has 3 nitrogen and oxygen atoms in total. The van der Waals surface area contributed by atoms with Gasteiger partial charge in [-0.15, -0.1) is 0 Å². The Hall–Kier alpha value is -2.05. The number of amides is 1. The maximum Gasteiger partial charge on any atom is 0.422 e. The van der Waals surface area contributed by atoms with Crippen LogP contribution in [0.2, 0.25) is 0 Å². The van der Waals surface area contributed by atoms with Crippen molar-refractivity contribution in [3.8, 4) is 5.75 Å². The van der Waals surface area contributed by atoms with Gasteiger partial charge in [0.2, 0.25) is 5.91 Å². The van der Waals surface area contributed by atoms with E-state index in [9.17, 15) is 35.5 Å². The van der Waals surface area contributed by atoms with Gasteiger partial charge in [-0.3, -0.25) is 4.79 Å². The molecule has 0 heterocycles. The second-order valence-electron chi connectivity index (χ2n) is 5.15. The van der Waals surface area contributed by atoms with Gasteiger partial charge in [-0.25, -0.2) is 17.6 Å². The molecule has 1 amide bonds. The molecule has 0 atom stereocenters. The zero-order valence-electron chi connectivity index (χ0n) is 13.3. The summed E-state index contributed by atoms with van der Waals surface area (Å²) in [4.78, 5) is 12.0. The summed E-state index contributed by atoms with van der Waals surface area (Å²) in [5.74, 6) is -10.9. The normalized spacial score (nSPS) is 11.4.